The van der Waals surface area contributed by atoms with E-state index in [9.17, 15) is 15.3 Å². The van der Waals surface area contributed by atoms with Gasteiger partial charge in [0, 0.05) is 0 Å². The molecule has 0 saturated carbocycles. The number of nitriles is 2. The molecule has 1 aromatic carbocycles. The summed E-state index contributed by atoms with van der Waals surface area (Å²) in [6, 6.07) is 7.97. The van der Waals surface area contributed by atoms with Gasteiger partial charge in [0.15, 0.2) is 0 Å². The molecule has 116 valence electrons. The fourth-order valence-electron chi connectivity index (χ4n) is 2.13. The van der Waals surface area contributed by atoms with Gasteiger partial charge in [0.05, 0.1) is 12.2 Å². The van der Waals surface area contributed by atoms with E-state index in [0.717, 1.165) is 0 Å². The van der Waals surface area contributed by atoms with Crippen LogP contribution >= 0.6 is 0 Å². The van der Waals surface area contributed by atoms with E-state index in [4.69, 9.17) is 25.1 Å². The van der Waals surface area contributed by atoms with Crippen LogP contribution in [0.5, 0.6) is 5.75 Å². The Labute approximate surface area is 126 Å². The highest BCUT2D eigenvalue weighted by atomic mass is 16.7. The second-order valence-electron chi connectivity index (χ2n) is 4.72. The molecule has 8 heteroatoms. The van der Waals surface area contributed by atoms with Gasteiger partial charge in [-0.1, -0.05) is 6.07 Å². The van der Waals surface area contributed by atoms with Crippen LogP contribution in [0.4, 0.5) is 0 Å². The van der Waals surface area contributed by atoms with Gasteiger partial charge >= 0.3 is 0 Å². The standard InChI is InChI=1S/C14H14N2O6/c15-4-7-2-1-3-9(8(7)5-16)21-14-13(20)12(19)11(18)10(6-17)22-14/h1-3,10-14,17-20H,6H2/t10-,11-,12+,13-,14?/m1/s1. The first kappa shape index (κ1) is 16.2. The Bertz CT molecular complexity index is 621. The smallest absolute Gasteiger partial charge is 0.229 e. The minimum atomic E-state index is -1.59. The fraction of sp³-hybridized carbons (Fsp3) is 0.429. The highest BCUT2D eigenvalue weighted by Crippen LogP contribution is 2.27. The quantitative estimate of drug-likeness (QED) is 0.533. The zero-order valence-electron chi connectivity index (χ0n) is 11.3. The van der Waals surface area contributed by atoms with Crippen LogP contribution in [0.25, 0.3) is 0 Å². The summed E-state index contributed by atoms with van der Waals surface area (Å²) in [4.78, 5) is 0. The first-order chi connectivity index (χ1) is 10.5. The van der Waals surface area contributed by atoms with Crippen LogP contribution in [-0.4, -0.2) is 57.7 Å². The molecule has 0 amide bonds. The van der Waals surface area contributed by atoms with Crippen LogP contribution in [0, 0.1) is 22.7 Å². The molecule has 4 N–H and O–H groups in total. The third-order valence-corrected chi connectivity index (χ3v) is 3.35. The summed E-state index contributed by atoms with van der Waals surface area (Å²) in [5.41, 5.74) is 0.0477. The Balaban J connectivity index is 2.27. The summed E-state index contributed by atoms with van der Waals surface area (Å²) >= 11 is 0. The molecule has 1 unspecified atom stereocenters. The van der Waals surface area contributed by atoms with Crippen LogP contribution in [0.3, 0.4) is 0 Å². The molecular weight excluding hydrogens is 292 g/mol. The van der Waals surface area contributed by atoms with E-state index in [1.807, 2.05) is 12.1 Å². The largest absolute Gasteiger partial charge is 0.461 e. The summed E-state index contributed by atoms with van der Waals surface area (Å²) in [5, 5.41) is 56.4. The SMILES string of the molecule is N#Cc1cccc(OC2O[C@H](CO)[C@@H](O)[C@H](O)[C@H]2O)c1C#N. The van der Waals surface area contributed by atoms with E-state index in [2.05, 4.69) is 0 Å². The van der Waals surface area contributed by atoms with Crippen LogP contribution in [0.1, 0.15) is 11.1 Å². The molecule has 1 saturated heterocycles. The second kappa shape index (κ2) is 6.71. The van der Waals surface area contributed by atoms with Crippen molar-refractivity contribution in [1.29, 1.82) is 10.5 Å². The highest BCUT2D eigenvalue weighted by molar-refractivity contribution is 5.53. The van der Waals surface area contributed by atoms with Crippen LogP contribution in [0.15, 0.2) is 18.2 Å². The molecule has 1 aliphatic rings. The number of ether oxygens (including phenoxy) is 2. The second-order valence-corrected chi connectivity index (χ2v) is 4.72. The van der Waals surface area contributed by atoms with E-state index in [1.54, 1.807) is 0 Å². The minimum Gasteiger partial charge on any atom is -0.461 e. The number of hydrogen-bond donors (Lipinski definition) is 4. The highest BCUT2D eigenvalue weighted by Gasteiger charge is 2.44. The average molecular weight is 306 g/mol. The van der Waals surface area contributed by atoms with E-state index in [-0.39, 0.29) is 16.9 Å². The van der Waals surface area contributed by atoms with Crippen molar-refractivity contribution in [3.05, 3.63) is 29.3 Å². The number of aliphatic hydroxyl groups is 4. The molecule has 1 fully saturated rings. The number of nitrogens with zero attached hydrogens (tertiary/aromatic N) is 2. The molecule has 0 aliphatic carbocycles. The molecule has 1 heterocycles. The number of rotatable bonds is 3. The topological polar surface area (TPSA) is 147 Å². The van der Waals surface area contributed by atoms with Gasteiger partial charge in [-0.2, -0.15) is 10.5 Å². The maximum absolute atomic E-state index is 9.88. The molecule has 8 nitrogen and oxygen atoms in total. The maximum atomic E-state index is 9.88. The van der Waals surface area contributed by atoms with Gasteiger partial charge < -0.3 is 29.9 Å². The van der Waals surface area contributed by atoms with Crippen molar-refractivity contribution in [2.45, 2.75) is 30.7 Å². The van der Waals surface area contributed by atoms with Crippen molar-refractivity contribution in [3.8, 4) is 17.9 Å². The summed E-state index contributed by atoms with van der Waals surface area (Å²) in [6.45, 7) is -0.589. The molecule has 5 atom stereocenters. The Kier molecular flexibility index (Phi) is 4.93. The minimum absolute atomic E-state index is 0.00844. The lowest BCUT2D eigenvalue weighted by Crippen LogP contribution is -2.60. The predicted octanol–water partition coefficient (Wildman–Crippen LogP) is -1.39. The van der Waals surface area contributed by atoms with E-state index in [0.29, 0.717) is 0 Å². The first-order valence-electron chi connectivity index (χ1n) is 6.43. The lowest BCUT2D eigenvalue weighted by Gasteiger charge is -2.39. The van der Waals surface area contributed by atoms with Crippen molar-refractivity contribution in [2.75, 3.05) is 6.61 Å². The molecule has 0 spiro atoms. The maximum Gasteiger partial charge on any atom is 0.229 e. The zero-order valence-corrected chi connectivity index (χ0v) is 11.3. The molecule has 0 radical (unpaired) electrons. The third-order valence-electron chi connectivity index (χ3n) is 3.35. The normalized spacial score (nSPS) is 31.1. The molecular formula is C14H14N2O6. The van der Waals surface area contributed by atoms with E-state index < -0.39 is 37.3 Å². The lowest BCUT2D eigenvalue weighted by molar-refractivity contribution is -0.277. The van der Waals surface area contributed by atoms with Crippen LogP contribution in [0.2, 0.25) is 0 Å². The van der Waals surface area contributed by atoms with Crippen molar-refractivity contribution in [2.24, 2.45) is 0 Å². The molecule has 1 aromatic rings. The van der Waals surface area contributed by atoms with Crippen molar-refractivity contribution in [1.82, 2.24) is 0 Å². The summed E-state index contributed by atoms with van der Waals surface area (Å²) in [6.07, 6.45) is -7.19. The van der Waals surface area contributed by atoms with E-state index in [1.165, 1.54) is 18.2 Å². The number of hydrogen-bond acceptors (Lipinski definition) is 8. The molecule has 1 aliphatic heterocycles. The summed E-state index contributed by atoms with van der Waals surface area (Å²) in [5.74, 6) is -0.00844. The van der Waals surface area contributed by atoms with Crippen LogP contribution in [-0.2, 0) is 4.74 Å². The molecule has 2 rings (SSSR count). The van der Waals surface area contributed by atoms with Crippen molar-refractivity contribution >= 4 is 0 Å². The Morgan fingerprint density at radius 1 is 1.09 bits per heavy atom. The molecule has 0 bridgehead atoms. The Hall–Kier alpha value is -2.20. The van der Waals surface area contributed by atoms with Crippen molar-refractivity contribution in [3.63, 3.8) is 0 Å². The lowest BCUT2D eigenvalue weighted by atomic mass is 9.99. The van der Waals surface area contributed by atoms with Crippen molar-refractivity contribution < 1.29 is 29.9 Å². The average Bonchev–Trinajstić information content (AvgIpc) is 2.54. The first-order valence-corrected chi connectivity index (χ1v) is 6.43. The summed E-state index contributed by atoms with van der Waals surface area (Å²) in [7, 11) is 0. The summed E-state index contributed by atoms with van der Waals surface area (Å²) < 4.78 is 10.5. The predicted molar refractivity (Wildman–Crippen MR) is 70.3 cm³/mol. The van der Waals surface area contributed by atoms with Gasteiger partial charge in [-0.3, -0.25) is 0 Å². The number of benzene rings is 1. The van der Waals surface area contributed by atoms with Crippen LogP contribution < -0.4 is 4.74 Å². The fourth-order valence-corrected chi connectivity index (χ4v) is 2.13. The Morgan fingerprint density at radius 2 is 1.82 bits per heavy atom. The van der Waals surface area contributed by atoms with Gasteiger partial charge in [-0.15, -0.1) is 0 Å². The third kappa shape index (κ3) is 2.88. The van der Waals surface area contributed by atoms with Gasteiger partial charge in [0.25, 0.3) is 0 Å². The monoisotopic (exact) mass is 306 g/mol. The van der Waals surface area contributed by atoms with Gasteiger partial charge in [0.1, 0.15) is 47.9 Å². The van der Waals surface area contributed by atoms with Gasteiger partial charge in [-0.05, 0) is 12.1 Å². The number of aliphatic hydroxyl groups excluding tert-OH is 4. The molecule has 0 aromatic heterocycles. The van der Waals surface area contributed by atoms with Gasteiger partial charge in [-0.25, -0.2) is 0 Å². The molecule has 22 heavy (non-hydrogen) atoms. The zero-order chi connectivity index (χ0) is 16.3. The Morgan fingerprint density at radius 3 is 2.41 bits per heavy atom. The van der Waals surface area contributed by atoms with Gasteiger partial charge in [0.2, 0.25) is 6.29 Å². The van der Waals surface area contributed by atoms with E-state index >= 15 is 0 Å².